The summed E-state index contributed by atoms with van der Waals surface area (Å²) in [6.45, 7) is 2.66. The van der Waals surface area contributed by atoms with Crippen molar-refractivity contribution in [1.29, 1.82) is 0 Å². The lowest BCUT2D eigenvalue weighted by atomic mass is 10.2. The van der Waals surface area contributed by atoms with E-state index >= 15 is 0 Å². The summed E-state index contributed by atoms with van der Waals surface area (Å²) in [7, 11) is 1.78. The van der Waals surface area contributed by atoms with Crippen LogP contribution in [-0.2, 0) is 0 Å². The highest BCUT2D eigenvalue weighted by Gasteiger charge is 2.16. The number of benzene rings is 1. The highest BCUT2D eigenvalue weighted by atomic mass is 79.9. The number of thioether (sulfide) groups is 1. The number of alkyl halides is 1. The van der Waals surface area contributed by atoms with Crippen molar-refractivity contribution >= 4 is 45.2 Å². The second kappa shape index (κ2) is 6.66. The Morgan fingerprint density at radius 3 is 2.76 bits per heavy atom. The van der Waals surface area contributed by atoms with Crippen LogP contribution in [0.4, 0.5) is 0 Å². The van der Waals surface area contributed by atoms with E-state index in [-0.39, 0.29) is 10.7 Å². The first-order chi connectivity index (χ1) is 7.95. The highest BCUT2D eigenvalue weighted by molar-refractivity contribution is 9.09. The van der Waals surface area contributed by atoms with Crippen LogP contribution in [0.15, 0.2) is 23.1 Å². The summed E-state index contributed by atoms with van der Waals surface area (Å²) in [5, 5.41) is 0.502. The first-order valence-corrected chi connectivity index (χ1v) is 7.70. The second-order valence-electron chi connectivity index (χ2n) is 3.81. The Morgan fingerprint density at radius 1 is 1.59 bits per heavy atom. The molecule has 0 saturated heterocycles. The zero-order chi connectivity index (χ0) is 13.0. The lowest BCUT2D eigenvalue weighted by Gasteiger charge is -2.19. The van der Waals surface area contributed by atoms with Crippen molar-refractivity contribution in [2.75, 3.05) is 19.8 Å². The molecule has 17 heavy (non-hydrogen) atoms. The van der Waals surface area contributed by atoms with E-state index in [0.717, 1.165) is 4.90 Å². The summed E-state index contributed by atoms with van der Waals surface area (Å²) < 4.78 is 0. The van der Waals surface area contributed by atoms with E-state index in [4.69, 9.17) is 11.6 Å². The maximum Gasteiger partial charge on any atom is 0.255 e. The Labute approximate surface area is 120 Å². The molecule has 0 aliphatic carbocycles. The monoisotopic (exact) mass is 335 g/mol. The predicted molar refractivity (Wildman–Crippen MR) is 78.6 cm³/mol. The predicted octanol–water partition coefficient (Wildman–Crippen LogP) is 3.92. The maximum absolute atomic E-state index is 12.2. The van der Waals surface area contributed by atoms with Crippen molar-refractivity contribution in [3.8, 4) is 0 Å². The van der Waals surface area contributed by atoms with Crippen LogP contribution in [0.2, 0.25) is 5.02 Å². The van der Waals surface area contributed by atoms with Crippen LogP contribution in [0.5, 0.6) is 0 Å². The number of nitrogens with zero attached hydrogens (tertiary/aromatic N) is 1. The van der Waals surface area contributed by atoms with Crippen molar-refractivity contribution in [3.05, 3.63) is 28.8 Å². The molecule has 0 fully saturated rings. The lowest BCUT2D eigenvalue weighted by Crippen LogP contribution is -2.31. The summed E-state index contributed by atoms with van der Waals surface area (Å²) in [4.78, 5) is 15.2. The van der Waals surface area contributed by atoms with Gasteiger partial charge in [0.1, 0.15) is 0 Å². The fraction of sp³-hybridized carbons (Fsp3) is 0.417. The third-order valence-corrected chi connectivity index (χ3v) is 3.62. The number of amides is 1. The molecule has 0 radical (unpaired) electrons. The van der Waals surface area contributed by atoms with Crippen LogP contribution in [0, 0.1) is 0 Å². The minimum absolute atomic E-state index is 0.0443. The molecule has 0 N–H and O–H groups in total. The molecule has 1 aromatic carbocycles. The van der Waals surface area contributed by atoms with Crippen molar-refractivity contribution in [2.24, 2.45) is 0 Å². The smallest absolute Gasteiger partial charge is 0.255 e. The van der Waals surface area contributed by atoms with E-state index in [9.17, 15) is 4.79 Å². The normalized spacial score (nSPS) is 12.3. The lowest BCUT2D eigenvalue weighted by molar-refractivity contribution is 0.0797. The van der Waals surface area contributed by atoms with Crippen molar-refractivity contribution in [3.63, 3.8) is 0 Å². The number of halogens is 2. The Kier molecular flexibility index (Phi) is 5.83. The molecule has 1 amide bonds. The van der Waals surface area contributed by atoms with Gasteiger partial charge in [0.25, 0.3) is 5.91 Å². The molecule has 0 aromatic heterocycles. The molecule has 5 heteroatoms. The Balaban J connectivity index is 2.94. The third kappa shape index (κ3) is 4.19. The molecule has 0 aliphatic rings. The quantitative estimate of drug-likeness (QED) is 0.613. The van der Waals surface area contributed by atoms with Gasteiger partial charge >= 0.3 is 0 Å². The molecule has 1 rings (SSSR count). The molecule has 94 valence electrons. The Hall–Kier alpha value is -0.190. The van der Waals surface area contributed by atoms with Gasteiger partial charge in [-0.25, -0.2) is 0 Å². The summed E-state index contributed by atoms with van der Waals surface area (Å²) >= 11 is 11.1. The molecule has 0 spiro atoms. The number of carbonyl (C=O) groups excluding carboxylic acids is 1. The van der Waals surface area contributed by atoms with Gasteiger partial charge in [-0.15, -0.1) is 11.8 Å². The average Bonchev–Trinajstić information content (AvgIpc) is 2.28. The molecule has 1 atom stereocenters. The Morgan fingerprint density at radius 2 is 2.24 bits per heavy atom. The van der Waals surface area contributed by atoms with E-state index < -0.39 is 0 Å². The molecule has 0 aliphatic heterocycles. The fourth-order valence-electron chi connectivity index (χ4n) is 1.46. The van der Waals surface area contributed by atoms with Gasteiger partial charge in [0, 0.05) is 23.3 Å². The summed E-state index contributed by atoms with van der Waals surface area (Å²) in [5.74, 6) is -0.0443. The van der Waals surface area contributed by atoms with Crippen LogP contribution >= 0.6 is 39.3 Å². The minimum Gasteiger partial charge on any atom is -0.341 e. The zero-order valence-corrected chi connectivity index (χ0v) is 13.2. The highest BCUT2D eigenvalue weighted by Crippen LogP contribution is 2.24. The first kappa shape index (κ1) is 14.9. The van der Waals surface area contributed by atoms with Crippen LogP contribution in [0.3, 0.4) is 0 Å². The number of rotatable bonds is 4. The van der Waals surface area contributed by atoms with Crippen molar-refractivity contribution in [2.45, 2.75) is 16.6 Å². The van der Waals surface area contributed by atoms with Gasteiger partial charge < -0.3 is 4.90 Å². The molecule has 2 nitrogen and oxygen atoms in total. The van der Waals surface area contributed by atoms with Gasteiger partial charge in [-0.2, -0.15) is 0 Å². The summed E-state index contributed by atoms with van der Waals surface area (Å²) in [5.41, 5.74) is 0.564. The van der Waals surface area contributed by atoms with Gasteiger partial charge in [-0.05, 0) is 24.5 Å². The van der Waals surface area contributed by atoms with E-state index in [2.05, 4.69) is 15.9 Å². The van der Waals surface area contributed by atoms with Crippen LogP contribution in [0.25, 0.3) is 0 Å². The van der Waals surface area contributed by atoms with E-state index in [1.54, 1.807) is 29.8 Å². The minimum atomic E-state index is -0.0443. The molecule has 1 aromatic rings. The molecule has 1 unspecified atom stereocenters. The standard InChI is InChI=1S/C12H15BrClNOS/c1-8(13)7-15(2)12(16)10-6-9(17-3)4-5-11(10)14/h4-6,8H,7H2,1-3H3. The maximum atomic E-state index is 12.2. The van der Waals surface area contributed by atoms with Crippen molar-refractivity contribution < 1.29 is 4.79 Å². The van der Waals surface area contributed by atoms with Crippen molar-refractivity contribution in [1.82, 2.24) is 4.90 Å². The van der Waals surface area contributed by atoms with E-state index in [1.165, 1.54) is 0 Å². The van der Waals surface area contributed by atoms with Crippen LogP contribution < -0.4 is 0 Å². The molecular formula is C12H15BrClNOS. The molecular weight excluding hydrogens is 322 g/mol. The third-order valence-electron chi connectivity index (χ3n) is 2.28. The topological polar surface area (TPSA) is 20.3 Å². The largest absolute Gasteiger partial charge is 0.341 e. The molecule has 0 saturated carbocycles. The van der Waals surface area contributed by atoms with Gasteiger partial charge in [0.15, 0.2) is 0 Å². The number of hydrogen-bond donors (Lipinski definition) is 0. The molecule has 0 bridgehead atoms. The fourth-order valence-corrected chi connectivity index (χ4v) is 2.53. The zero-order valence-electron chi connectivity index (χ0n) is 10.0. The van der Waals surface area contributed by atoms with Crippen LogP contribution in [0.1, 0.15) is 17.3 Å². The SMILES string of the molecule is CSc1ccc(Cl)c(C(=O)N(C)CC(C)Br)c1. The number of carbonyl (C=O) groups is 1. The Bertz CT molecular complexity index is 411. The van der Waals surface area contributed by atoms with Gasteiger partial charge in [-0.3, -0.25) is 4.79 Å². The van der Waals surface area contributed by atoms with Crippen LogP contribution in [-0.4, -0.2) is 35.5 Å². The first-order valence-electron chi connectivity index (χ1n) is 5.18. The van der Waals surface area contributed by atoms with Gasteiger partial charge in [0.2, 0.25) is 0 Å². The summed E-state index contributed by atoms with van der Waals surface area (Å²) in [6.07, 6.45) is 1.97. The average molecular weight is 337 g/mol. The van der Waals surface area contributed by atoms with E-state index in [1.807, 2.05) is 25.3 Å². The second-order valence-corrected chi connectivity index (χ2v) is 6.66. The summed E-state index contributed by atoms with van der Waals surface area (Å²) in [6, 6.07) is 5.52. The number of hydrogen-bond acceptors (Lipinski definition) is 2. The van der Waals surface area contributed by atoms with Gasteiger partial charge in [-0.1, -0.05) is 34.5 Å². The van der Waals surface area contributed by atoms with Gasteiger partial charge in [0.05, 0.1) is 10.6 Å². The van der Waals surface area contributed by atoms with E-state index in [0.29, 0.717) is 17.1 Å². The molecule has 0 heterocycles.